The van der Waals surface area contributed by atoms with E-state index in [0.29, 0.717) is 5.56 Å². The Morgan fingerprint density at radius 1 is 1.04 bits per heavy atom. The quantitative estimate of drug-likeness (QED) is 0.649. The molecule has 0 spiro atoms. The zero-order chi connectivity index (χ0) is 17.0. The Morgan fingerprint density at radius 3 is 2.13 bits per heavy atom. The Balaban J connectivity index is 2.37. The van der Waals surface area contributed by atoms with Crippen molar-refractivity contribution >= 4 is 10.0 Å². The molecule has 0 bridgehead atoms. The first kappa shape index (κ1) is 17.1. The zero-order valence-corrected chi connectivity index (χ0v) is 13.7. The van der Waals surface area contributed by atoms with Crippen molar-refractivity contribution in [2.75, 3.05) is 0 Å². The fraction of sp³-hybridized carbons (Fsp3) is 0.250. The summed E-state index contributed by atoms with van der Waals surface area (Å²) in [4.78, 5) is 10.7. The average Bonchev–Trinajstić information content (AvgIpc) is 2.53. The van der Waals surface area contributed by atoms with E-state index in [1.54, 1.807) is 42.5 Å². The Morgan fingerprint density at radius 2 is 1.61 bits per heavy atom. The minimum atomic E-state index is -3.86. The van der Waals surface area contributed by atoms with E-state index in [0.717, 1.165) is 5.56 Å². The third kappa shape index (κ3) is 4.14. The second-order valence-corrected chi connectivity index (χ2v) is 7.06. The summed E-state index contributed by atoms with van der Waals surface area (Å²) < 4.78 is 27.5. The maximum absolute atomic E-state index is 12.5. The maximum Gasteiger partial charge on any atom is 0.241 e. The van der Waals surface area contributed by atoms with Crippen LogP contribution in [0.5, 0.6) is 0 Å². The van der Waals surface area contributed by atoms with Gasteiger partial charge in [-0.1, -0.05) is 48.0 Å². The first-order valence-corrected chi connectivity index (χ1v) is 8.57. The SMILES string of the molecule is Cc1ccc(S(=O)(=O)NC(c2ccccc2)C(C)[N+](=O)[O-])cc1. The molecule has 0 aliphatic rings. The lowest BCUT2D eigenvalue weighted by Crippen LogP contribution is -2.38. The number of benzene rings is 2. The summed E-state index contributed by atoms with van der Waals surface area (Å²) in [5.74, 6) is 0. The van der Waals surface area contributed by atoms with Gasteiger partial charge in [-0.3, -0.25) is 10.1 Å². The van der Waals surface area contributed by atoms with E-state index in [1.165, 1.54) is 19.1 Å². The lowest BCUT2D eigenvalue weighted by atomic mass is 10.0. The monoisotopic (exact) mass is 334 g/mol. The van der Waals surface area contributed by atoms with Crippen LogP contribution >= 0.6 is 0 Å². The number of aryl methyl sites for hydroxylation is 1. The van der Waals surface area contributed by atoms with Gasteiger partial charge in [0.2, 0.25) is 16.1 Å². The molecule has 0 fully saturated rings. The van der Waals surface area contributed by atoms with Crippen LogP contribution in [0.2, 0.25) is 0 Å². The van der Waals surface area contributed by atoms with Crippen molar-refractivity contribution in [2.24, 2.45) is 0 Å². The van der Waals surface area contributed by atoms with E-state index in [9.17, 15) is 18.5 Å². The first-order chi connectivity index (χ1) is 10.8. The largest absolute Gasteiger partial charge is 0.264 e. The second-order valence-electron chi connectivity index (χ2n) is 5.35. The predicted molar refractivity (Wildman–Crippen MR) is 87.1 cm³/mol. The molecule has 0 radical (unpaired) electrons. The average molecular weight is 334 g/mol. The topological polar surface area (TPSA) is 89.3 Å². The third-order valence-corrected chi connectivity index (χ3v) is 5.04. The van der Waals surface area contributed by atoms with E-state index in [4.69, 9.17) is 0 Å². The minimum absolute atomic E-state index is 0.0829. The van der Waals surface area contributed by atoms with Gasteiger partial charge in [-0.2, -0.15) is 4.72 Å². The zero-order valence-electron chi connectivity index (χ0n) is 12.8. The molecule has 2 aromatic carbocycles. The molecule has 2 atom stereocenters. The van der Waals surface area contributed by atoms with Crippen LogP contribution in [-0.4, -0.2) is 19.4 Å². The van der Waals surface area contributed by atoms with Crippen LogP contribution in [-0.2, 0) is 10.0 Å². The summed E-state index contributed by atoms with van der Waals surface area (Å²) in [5, 5.41) is 11.2. The molecule has 0 aliphatic heterocycles. The molecular weight excluding hydrogens is 316 g/mol. The van der Waals surface area contributed by atoms with Gasteiger partial charge in [-0.15, -0.1) is 0 Å². The highest BCUT2D eigenvalue weighted by Crippen LogP contribution is 2.22. The summed E-state index contributed by atoms with van der Waals surface area (Å²) in [5.41, 5.74) is 1.48. The molecule has 7 heteroatoms. The van der Waals surface area contributed by atoms with Crippen LogP contribution in [0.25, 0.3) is 0 Å². The lowest BCUT2D eigenvalue weighted by Gasteiger charge is -2.20. The van der Waals surface area contributed by atoms with Gasteiger partial charge in [0.15, 0.2) is 0 Å². The van der Waals surface area contributed by atoms with Crippen molar-refractivity contribution in [2.45, 2.75) is 30.8 Å². The summed E-state index contributed by atoms with van der Waals surface area (Å²) in [6, 6.07) is 12.8. The minimum Gasteiger partial charge on any atom is -0.264 e. The molecule has 0 heterocycles. The van der Waals surface area contributed by atoms with E-state index < -0.39 is 27.0 Å². The highest BCUT2D eigenvalue weighted by Gasteiger charge is 2.32. The number of rotatable bonds is 6. The number of nitro groups is 1. The summed E-state index contributed by atoms with van der Waals surface area (Å²) >= 11 is 0. The van der Waals surface area contributed by atoms with Crippen molar-refractivity contribution in [3.8, 4) is 0 Å². The fourth-order valence-corrected chi connectivity index (χ4v) is 3.48. The number of hydrogen-bond acceptors (Lipinski definition) is 4. The second kappa shape index (κ2) is 6.89. The van der Waals surface area contributed by atoms with Gasteiger partial charge in [0.1, 0.15) is 6.04 Å². The number of nitrogens with one attached hydrogen (secondary N) is 1. The van der Waals surface area contributed by atoms with Gasteiger partial charge in [-0.25, -0.2) is 8.42 Å². The third-order valence-electron chi connectivity index (χ3n) is 3.59. The van der Waals surface area contributed by atoms with Crippen LogP contribution in [0.3, 0.4) is 0 Å². The smallest absolute Gasteiger partial charge is 0.241 e. The number of nitrogens with zero attached hydrogens (tertiary/aromatic N) is 1. The van der Waals surface area contributed by atoms with Crippen molar-refractivity contribution in [3.63, 3.8) is 0 Å². The molecule has 2 aromatic rings. The lowest BCUT2D eigenvalue weighted by molar-refractivity contribution is -0.522. The van der Waals surface area contributed by atoms with Crippen molar-refractivity contribution in [3.05, 3.63) is 75.8 Å². The van der Waals surface area contributed by atoms with Gasteiger partial charge in [-0.05, 0) is 24.6 Å². The highest BCUT2D eigenvalue weighted by molar-refractivity contribution is 7.89. The van der Waals surface area contributed by atoms with Gasteiger partial charge >= 0.3 is 0 Å². The molecule has 0 aromatic heterocycles. The molecule has 0 saturated carbocycles. The van der Waals surface area contributed by atoms with Crippen LogP contribution < -0.4 is 4.72 Å². The maximum atomic E-state index is 12.5. The molecule has 0 aliphatic carbocycles. The molecule has 122 valence electrons. The molecule has 2 rings (SSSR count). The van der Waals surface area contributed by atoms with Crippen LogP contribution in [0.15, 0.2) is 59.5 Å². The normalized spacial score (nSPS) is 14.2. The van der Waals surface area contributed by atoms with Gasteiger partial charge in [0, 0.05) is 11.8 Å². The van der Waals surface area contributed by atoms with E-state index in [2.05, 4.69) is 4.72 Å². The molecule has 23 heavy (non-hydrogen) atoms. The number of hydrogen-bond donors (Lipinski definition) is 1. The number of sulfonamides is 1. The summed E-state index contributed by atoms with van der Waals surface area (Å²) in [7, 11) is -3.86. The van der Waals surface area contributed by atoms with E-state index in [1.807, 2.05) is 6.92 Å². The Hall–Kier alpha value is -2.25. The highest BCUT2D eigenvalue weighted by atomic mass is 32.2. The van der Waals surface area contributed by atoms with Crippen LogP contribution in [0.4, 0.5) is 0 Å². The van der Waals surface area contributed by atoms with Crippen LogP contribution in [0, 0.1) is 17.0 Å². The van der Waals surface area contributed by atoms with Crippen molar-refractivity contribution < 1.29 is 13.3 Å². The van der Waals surface area contributed by atoms with Gasteiger partial charge in [0.05, 0.1) is 4.90 Å². The Labute approximate surface area is 135 Å². The van der Waals surface area contributed by atoms with E-state index >= 15 is 0 Å². The van der Waals surface area contributed by atoms with Crippen molar-refractivity contribution in [1.29, 1.82) is 0 Å². The van der Waals surface area contributed by atoms with Gasteiger partial charge in [0.25, 0.3) is 0 Å². The van der Waals surface area contributed by atoms with Crippen LogP contribution in [0.1, 0.15) is 24.1 Å². The predicted octanol–water partition coefficient (Wildman–Crippen LogP) is 2.68. The molecule has 1 N–H and O–H groups in total. The molecular formula is C16H18N2O4S. The Kier molecular flexibility index (Phi) is 5.12. The van der Waals surface area contributed by atoms with Crippen molar-refractivity contribution in [1.82, 2.24) is 4.72 Å². The summed E-state index contributed by atoms with van der Waals surface area (Å²) in [6.07, 6.45) is 0. The van der Waals surface area contributed by atoms with Gasteiger partial charge < -0.3 is 0 Å². The summed E-state index contributed by atoms with van der Waals surface area (Å²) in [6.45, 7) is 3.24. The Bertz CT molecular complexity index is 773. The molecule has 6 nitrogen and oxygen atoms in total. The standard InChI is InChI=1S/C16H18N2O4S/c1-12-8-10-15(11-9-12)23(21,22)17-16(13(2)18(19)20)14-6-4-3-5-7-14/h3-11,13,16-17H,1-2H3. The first-order valence-electron chi connectivity index (χ1n) is 7.09. The fourth-order valence-electron chi connectivity index (χ4n) is 2.18. The van der Waals surface area contributed by atoms with E-state index in [-0.39, 0.29) is 4.90 Å². The molecule has 0 amide bonds. The molecule has 2 unspecified atom stereocenters. The molecule has 0 saturated heterocycles.